The summed E-state index contributed by atoms with van der Waals surface area (Å²) in [5.74, 6) is 0.225. The van der Waals surface area contributed by atoms with E-state index >= 15 is 0 Å². The number of benzene rings is 2. The third kappa shape index (κ3) is 3.68. The predicted molar refractivity (Wildman–Crippen MR) is 96.0 cm³/mol. The minimum atomic E-state index is -3.27. The lowest BCUT2D eigenvalue weighted by Gasteiger charge is -2.06. The van der Waals surface area contributed by atoms with Gasteiger partial charge in [0, 0.05) is 19.3 Å². The molecule has 1 aromatic heterocycles. The van der Waals surface area contributed by atoms with Gasteiger partial charge in [0.2, 0.25) is 5.89 Å². The van der Waals surface area contributed by atoms with E-state index in [1.165, 1.54) is 18.2 Å². The molecule has 0 saturated heterocycles. The van der Waals surface area contributed by atoms with E-state index < -0.39 is 15.7 Å². The summed E-state index contributed by atoms with van der Waals surface area (Å²) >= 11 is 0. The van der Waals surface area contributed by atoms with E-state index in [2.05, 4.69) is 4.98 Å². The zero-order chi connectivity index (χ0) is 18.9. The number of hydrogen-bond acceptors (Lipinski definition) is 5. The Morgan fingerprint density at radius 1 is 1.12 bits per heavy atom. The van der Waals surface area contributed by atoms with Gasteiger partial charge in [-0.15, -0.1) is 0 Å². The van der Waals surface area contributed by atoms with E-state index in [0.29, 0.717) is 29.0 Å². The number of hydrogen-bond donors (Lipinski definition) is 1. The van der Waals surface area contributed by atoms with Crippen molar-refractivity contribution in [2.24, 2.45) is 0 Å². The predicted octanol–water partition coefficient (Wildman–Crippen LogP) is 3.39. The molecule has 0 amide bonds. The van der Waals surface area contributed by atoms with E-state index in [9.17, 15) is 12.8 Å². The van der Waals surface area contributed by atoms with Crippen LogP contribution in [0.1, 0.15) is 11.5 Å². The van der Waals surface area contributed by atoms with Crippen molar-refractivity contribution < 1.29 is 22.3 Å². The molecule has 0 aliphatic heterocycles. The molecule has 0 spiro atoms. The van der Waals surface area contributed by atoms with Crippen LogP contribution >= 0.6 is 0 Å². The summed E-state index contributed by atoms with van der Waals surface area (Å²) < 4.78 is 43.1. The quantitative estimate of drug-likeness (QED) is 0.739. The Morgan fingerprint density at radius 3 is 2.35 bits per heavy atom. The molecule has 0 bridgehead atoms. The fraction of sp³-hybridized carbons (Fsp3) is 0.211. The summed E-state index contributed by atoms with van der Waals surface area (Å²) in [5, 5.41) is 9.02. The van der Waals surface area contributed by atoms with Crippen molar-refractivity contribution in [3.05, 3.63) is 59.7 Å². The first-order valence-corrected chi connectivity index (χ1v) is 9.86. The highest BCUT2D eigenvalue weighted by atomic mass is 32.2. The van der Waals surface area contributed by atoms with Crippen LogP contribution in [0.3, 0.4) is 0 Å². The molecule has 5 nitrogen and oxygen atoms in total. The lowest BCUT2D eigenvalue weighted by molar-refractivity contribution is 0.297. The molecule has 0 unspecified atom stereocenters. The van der Waals surface area contributed by atoms with Crippen molar-refractivity contribution >= 4 is 9.84 Å². The molecule has 2 aromatic carbocycles. The van der Waals surface area contributed by atoms with Crippen LogP contribution in [0.5, 0.6) is 0 Å². The van der Waals surface area contributed by atoms with Gasteiger partial charge in [0.25, 0.3) is 0 Å². The average Bonchev–Trinajstić information content (AvgIpc) is 2.95. The molecule has 1 heterocycles. The summed E-state index contributed by atoms with van der Waals surface area (Å²) in [6, 6.07) is 10.9. The van der Waals surface area contributed by atoms with Crippen LogP contribution in [0.4, 0.5) is 4.39 Å². The molecular weight excluding hydrogens is 357 g/mol. The van der Waals surface area contributed by atoms with Crippen molar-refractivity contribution in [2.75, 3.05) is 12.9 Å². The lowest BCUT2D eigenvalue weighted by Crippen LogP contribution is -1.96. The van der Waals surface area contributed by atoms with Crippen molar-refractivity contribution in [2.45, 2.75) is 18.2 Å². The Balaban J connectivity index is 1.94. The van der Waals surface area contributed by atoms with Crippen molar-refractivity contribution in [3.8, 4) is 22.6 Å². The van der Waals surface area contributed by atoms with Crippen LogP contribution in [0.25, 0.3) is 22.6 Å². The molecule has 136 valence electrons. The standard InChI is InChI=1S/C19H18FNO4S/c1-12-18(9-10-22)21-19(25-12)16-8-5-14(11-17(16)20)13-3-6-15(7-4-13)26(2,23)24/h3-8,11,22H,9-10H2,1-2H3. The number of nitrogens with zero attached hydrogens (tertiary/aromatic N) is 1. The van der Waals surface area contributed by atoms with Gasteiger partial charge in [0.05, 0.1) is 16.2 Å². The van der Waals surface area contributed by atoms with Gasteiger partial charge in [0.1, 0.15) is 11.6 Å². The Hall–Kier alpha value is -2.51. The average molecular weight is 375 g/mol. The van der Waals surface area contributed by atoms with E-state index in [4.69, 9.17) is 9.52 Å². The van der Waals surface area contributed by atoms with Gasteiger partial charge in [-0.3, -0.25) is 0 Å². The Labute approximate surface area is 151 Å². The van der Waals surface area contributed by atoms with E-state index in [1.54, 1.807) is 31.2 Å². The van der Waals surface area contributed by atoms with E-state index in [-0.39, 0.29) is 23.0 Å². The molecule has 1 N–H and O–H groups in total. The number of aromatic nitrogens is 1. The maximum Gasteiger partial charge on any atom is 0.229 e. The third-order valence-electron chi connectivity index (χ3n) is 4.06. The van der Waals surface area contributed by atoms with Crippen LogP contribution in [0.2, 0.25) is 0 Å². The van der Waals surface area contributed by atoms with Crippen LogP contribution < -0.4 is 0 Å². The van der Waals surface area contributed by atoms with Gasteiger partial charge in [-0.05, 0) is 42.3 Å². The second-order valence-corrected chi connectivity index (χ2v) is 8.00. The summed E-state index contributed by atoms with van der Waals surface area (Å²) in [7, 11) is -3.27. The summed E-state index contributed by atoms with van der Waals surface area (Å²) in [4.78, 5) is 4.45. The Bertz CT molecular complexity index is 1040. The summed E-state index contributed by atoms with van der Waals surface area (Å²) in [6.07, 6.45) is 1.49. The van der Waals surface area contributed by atoms with Gasteiger partial charge in [0.15, 0.2) is 9.84 Å². The zero-order valence-corrected chi connectivity index (χ0v) is 15.2. The Kier molecular flexibility index (Phi) is 4.93. The molecule has 3 rings (SSSR count). The van der Waals surface area contributed by atoms with Gasteiger partial charge < -0.3 is 9.52 Å². The highest BCUT2D eigenvalue weighted by molar-refractivity contribution is 7.90. The third-order valence-corrected chi connectivity index (χ3v) is 5.19. The number of sulfone groups is 1. The SMILES string of the molecule is Cc1oc(-c2ccc(-c3ccc(S(C)(=O)=O)cc3)cc2F)nc1CCO. The molecule has 0 aliphatic carbocycles. The van der Waals surface area contributed by atoms with Gasteiger partial charge in [-0.25, -0.2) is 17.8 Å². The number of aliphatic hydroxyl groups is 1. The van der Waals surface area contributed by atoms with Crippen LogP contribution in [-0.2, 0) is 16.3 Å². The van der Waals surface area contributed by atoms with Crippen molar-refractivity contribution in [1.29, 1.82) is 0 Å². The normalized spacial score (nSPS) is 11.7. The second-order valence-electron chi connectivity index (χ2n) is 5.99. The lowest BCUT2D eigenvalue weighted by atomic mass is 10.0. The summed E-state index contributed by atoms with van der Waals surface area (Å²) in [6.45, 7) is 1.66. The monoisotopic (exact) mass is 375 g/mol. The van der Waals surface area contributed by atoms with E-state index in [1.807, 2.05) is 0 Å². The zero-order valence-electron chi connectivity index (χ0n) is 14.4. The van der Waals surface area contributed by atoms with Crippen molar-refractivity contribution in [3.63, 3.8) is 0 Å². The topological polar surface area (TPSA) is 80.4 Å². The van der Waals surface area contributed by atoms with Gasteiger partial charge >= 0.3 is 0 Å². The van der Waals surface area contributed by atoms with Crippen LogP contribution in [0.15, 0.2) is 51.8 Å². The molecule has 0 radical (unpaired) electrons. The highest BCUT2D eigenvalue weighted by Gasteiger charge is 2.16. The molecular formula is C19H18FNO4S. The summed E-state index contributed by atoms with van der Waals surface area (Å²) in [5.41, 5.74) is 2.15. The minimum absolute atomic E-state index is 0.0578. The fourth-order valence-electron chi connectivity index (χ4n) is 2.64. The number of rotatable bonds is 5. The minimum Gasteiger partial charge on any atom is -0.441 e. The highest BCUT2D eigenvalue weighted by Crippen LogP contribution is 2.29. The molecule has 0 aliphatic rings. The first kappa shape index (κ1) is 18.3. The largest absolute Gasteiger partial charge is 0.441 e. The van der Waals surface area contributed by atoms with Crippen LogP contribution in [-0.4, -0.2) is 31.4 Å². The van der Waals surface area contributed by atoms with Gasteiger partial charge in [-0.2, -0.15) is 0 Å². The first-order chi connectivity index (χ1) is 12.3. The maximum absolute atomic E-state index is 14.6. The number of halogens is 1. The number of aliphatic hydroxyl groups excluding tert-OH is 1. The second kappa shape index (κ2) is 7.01. The number of oxazole rings is 1. The molecule has 0 atom stereocenters. The van der Waals surface area contributed by atoms with Gasteiger partial charge in [-0.1, -0.05) is 18.2 Å². The fourth-order valence-corrected chi connectivity index (χ4v) is 3.27. The molecule has 0 fully saturated rings. The first-order valence-electron chi connectivity index (χ1n) is 7.97. The molecule has 7 heteroatoms. The van der Waals surface area contributed by atoms with Crippen molar-refractivity contribution in [1.82, 2.24) is 4.98 Å². The smallest absolute Gasteiger partial charge is 0.229 e. The van der Waals surface area contributed by atoms with Crippen LogP contribution in [0, 0.1) is 12.7 Å². The molecule has 26 heavy (non-hydrogen) atoms. The molecule has 0 saturated carbocycles. The van der Waals surface area contributed by atoms with E-state index in [0.717, 1.165) is 6.26 Å². The maximum atomic E-state index is 14.6. The molecule has 3 aromatic rings. The Morgan fingerprint density at radius 2 is 1.77 bits per heavy atom. The number of aryl methyl sites for hydroxylation is 1.